The molecule has 0 aromatic heterocycles. The van der Waals surface area contributed by atoms with E-state index in [1.807, 2.05) is 54.6 Å². The smallest absolute Gasteiger partial charge is 0.153 e. The Morgan fingerprint density at radius 3 is 2.00 bits per heavy atom. The van der Waals surface area contributed by atoms with E-state index in [0.29, 0.717) is 11.8 Å². The number of hydrogen-bond donors (Lipinski definition) is 1. The van der Waals surface area contributed by atoms with Gasteiger partial charge in [-0.15, -0.1) is 0 Å². The highest BCUT2D eigenvalue weighted by Gasteiger charge is 2.01. The molecule has 0 amide bonds. The molecule has 2 aromatic carbocycles. The lowest BCUT2D eigenvalue weighted by Crippen LogP contribution is -1.86. The minimum atomic E-state index is 0.282. The maximum absolute atomic E-state index is 10.7. The Labute approximate surface area is 99.8 Å². The topological polar surface area (TPSA) is 37.3 Å². The second kappa shape index (κ2) is 5.12. The summed E-state index contributed by atoms with van der Waals surface area (Å²) in [5, 5.41) is 8.87. The summed E-state index contributed by atoms with van der Waals surface area (Å²) in [5.74, 6) is 0. The van der Waals surface area contributed by atoms with Crippen molar-refractivity contribution in [3.8, 4) is 11.1 Å². The predicted molar refractivity (Wildman–Crippen MR) is 68.5 cm³/mol. The van der Waals surface area contributed by atoms with E-state index >= 15 is 0 Å². The van der Waals surface area contributed by atoms with Crippen molar-refractivity contribution in [2.45, 2.75) is 0 Å². The van der Waals surface area contributed by atoms with Crippen LogP contribution in [0.1, 0.15) is 5.56 Å². The maximum Gasteiger partial charge on any atom is 0.153 e. The van der Waals surface area contributed by atoms with Gasteiger partial charge >= 0.3 is 0 Å². The monoisotopic (exact) mass is 224 g/mol. The number of aldehydes is 1. The van der Waals surface area contributed by atoms with E-state index in [-0.39, 0.29) is 5.57 Å². The molecule has 1 N–H and O–H groups in total. The van der Waals surface area contributed by atoms with Crippen LogP contribution in [0, 0.1) is 0 Å². The summed E-state index contributed by atoms with van der Waals surface area (Å²) in [6.07, 6.45) is 1.46. The van der Waals surface area contributed by atoms with E-state index in [1.165, 1.54) is 0 Å². The number of carbonyl (C=O) groups is 1. The number of rotatable bonds is 3. The van der Waals surface area contributed by atoms with Gasteiger partial charge in [0.05, 0.1) is 11.8 Å². The van der Waals surface area contributed by atoms with Gasteiger partial charge in [0.2, 0.25) is 0 Å². The zero-order chi connectivity index (χ0) is 12.1. The quantitative estimate of drug-likeness (QED) is 0.492. The first-order chi connectivity index (χ1) is 8.35. The highest BCUT2D eigenvalue weighted by molar-refractivity contribution is 6.06. The lowest BCUT2D eigenvalue weighted by molar-refractivity contribution is -0.103. The highest BCUT2D eigenvalue weighted by atomic mass is 16.2. The van der Waals surface area contributed by atoms with Crippen molar-refractivity contribution < 1.29 is 9.90 Å². The Balaban J connectivity index is 2.34. The molecular weight excluding hydrogens is 212 g/mol. The standard InChI is InChI=1S/C15H12O2/c16-10-15(11-17)14-8-6-13(7-9-14)12-4-2-1-3-5-12/h1-11,16H/b15-10+. The number of hydrogen-bond acceptors (Lipinski definition) is 2. The predicted octanol–water partition coefficient (Wildman–Crippen LogP) is 3.45. The van der Waals surface area contributed by atoms with Crippen molar-refractivity contribution >= 4 is 11.9 Å². The summed E-state index contributed by atoms with van der Waals surface area (Å²) < 4.78 is 0. The third kappa shape index (κ3) is 2.42. The molecule has 84 valence electrons. The van der Waals surface area contributed by atoms with Crippen LogP contribution >= 0.6 is 0 Å². The third-order valence-corrected chi connectivity index (χ3v) is 2.59. The van der Waals surface area contributed by atoms with Crippen molar-refractivity contribution in [1.82, 2.24) is 0 Å². The number of aliphatic hydroxyl groups is 1. The van der Waals surface area contributed by atoms with E-state index in [9.17, 15) is 4.79 Å². The van der Waals surface area contributed by atoms with Crippen LogP contribution in [0.5, 0.6) is 0 Å². The van der Waals surface area contributed by atoms with E-state index < -0.39 is 0 Å². The number of allylic oxidation sites excluding steroid dienone is 1. The van der Waals surface area contributed by atoms with Gasteiger partial charge in [0, 0.05) is 0 Å². The average molecular weight is 224 g/mol. The van der Waals surface area contributed by atoms with Crippen LogP contribution < -0.4 is 0 Å². The largest absolute Gasteiger partial charge is 0.515 e. The molecule has 0 bridgehead atoms. The summed E-state index contributed by atoms with van der Waals surface area (Å²) >= 11 is 0. The Morgan fingerprint density at radius 1 is 0.882 bits per heavy atom. The molecule has 2 nitrogen and oxygen atoms in total. The van der Waals surface area contributed by atoms with Crippen molar-refractivity contribution in [3.63, 3.8) is 0 Å². The van der Waals surface area contributed by atoms with Crippen molar-refractivity contribution in [3.05, 3.63) is 66.4 Å². The van der Waals surface area contributed by atoms with Crippen LogP contribution in [-0.2, 0) is 4.79 Å². The summed E-state index contributed by atoms with van der Waals surface area (Å²) in [6.45, 7) is 0. The Kier molecular flexibility index (Phi) is 3.36. The molecule has 0 aliphatic rings. The molecule has 0 unspecified atom stereocenters. The van der Waals surface area contributed by atoms with Gasteiger partial charge in [0.25, 0.3) is 0 Å². The third-order valence-electron chi connectivity index (χ3n) is 2.59. The summed E-state index contributed by atoms with van der Waals surface area (Å²) in [7, 11) is 0. The maximum atomic E-state index is 10.7. The molecule has 2 heteroatoms. The minimum Gasteiger partial charge on any atom is -0.515 e. The molecule has 0 saturated carbocycles. The first-order valence-corrected chi connectivity index (χ1v) is 5.30. The molecule has 0 radical (unpaired) electrons. The molecule has 0 heterocycles. The fourth-order valence-electron chi connectivity index (χ4n) is 1.66. The van der Waals surface area contributed by atoms with E-state index in [1.54, 1.807) is 0 Å². The molecule has 0 fully saturated rings. The second-order valence-corrected chi connectivity index (χ2v) is 3.65. The molecule has 0 atom stereocenters. The van der Waals surface area contributed by atoms with Gasteiger partial charge in [0.1, 0.15) is 0 Å². The van der Waals surface area contributed by atoms with Crippen molar-refractivity contribution in [1.29, 1.82) is 0 Å². The molecule has 0 saturated heterocycles. The molecule has 17 heavy (non-hydrogen) atoms. The highest BCUT2D eigenvalue weighted by Crippen LogP contribution is 2.21. The average Bonchev–Trinajstić information content (AvgIpc) is 2.42. The van der Waals surface area contributed by atoms with Gasteiger partial charge in [-0.2, -0.15) is 0 Å². The van der Waals surface area contributed by atoms with Gasteiger partial charge in [0.15, 0.2) is 6.29 Å². The summed E-state index contributed by atoms with van der Waals surface area (Å²) in [6, 6.07) is 17.5. The first-order valence-electron chi connectivity index (χ1n) is 5.30. The second-order valence-electron chi connectivity index (χ2n) is 3.65. The van der Waals surface area contributed by atoms with Crippen LogP contribution in [0.15, 0.2) is 60.9 Å². The SMILES string of the molecule is O=C/C(=C\O)c1ccc(-c2ccccc2)cc1. The van der Waals surface area contributed by atoms with Crippen molar-refractivity contribution in [2.75, 3.05) is 0 Å². The Bertz CT molecular complexity index is 525. The number of benzene rings is 2. The zero-order valence-electron chi connectivity index (χ0n) is 9.21. The molecule has 0 aliphatic carbocycles. The lowest BCUT2D eigenvalue weighted by Gasteiger charge is -2.03. The summed E-state index contributed by atoms with van der Waals surface area (Å²) in [4.78, 5) is 10.7. The van der Waals surface area contributed by atoms with Crippen LogP contribution in [0.2, 0.25) is 0 Å². The van der Waals surface area contributed by atoms with Crippen molar-refractivity contribution in [2.24, 2.45) is 0 Å². The molecule has 2 aromatic rings. The number of carbonyl (C=O) groups excluding carboxylic acids is 1. The molecule has 2 rings (SSSR count). The minimum absolute atomic E-state index is 0.282. The van der Waals surface area contributed by atoms with Gasteiger partial charge in [-0.05, 0) is 16.7 Å². The van der Waals surface area contributed by atoms with Crippen LogP contribution in [-0.4, -0.2) is 11.4 Å². The zero-order valence-corrected chi connectivity index (χ0v) is 9.21. The van der Waals surface area contributed by atoms with Gasteiger partial charge in [-0.3, -0.25) is 4.79 Å². The molecule has 0 spiro atoms. The van der Waals surface area contributed by atoms with Gasteiger partial charge < -0.3 is 5.11 Å². The van der Waals surface area contributed by atoms with E-state index in [0.717, 1.165) is 17.4 Å². The van der Waals surface area contributed by atoms with Gasteiger partial charge in [-0.25, -0.2) is 0 Å². The van der Waals surface area contributed by atoms with E-state index in [2.05, 4.69) is 0 Å². The van der Waals surface area contributed by atoms with Gasteiger partial charge in [-0.1, -0.05) is 54.6 Å². The fraction of sp³-hybridized carbons (Fsp3) is 0. The normalized spacial score (nSPS) is 11.2. The fourth-order valence-corrected chi connectivity index (χ4v) is 1.66. The Hall–Kier alpha value is -2.35. The number of aliphatic hydroxyl groups excluding tert-OH is 1. The Morgan fingerprint density at radius 2 is 1.47 bits per heavy atom. The molecular formula is C15H12O2. The van der Waals surface area contributed by atoms with Crippen LogP contribution in [0.3, 0.4) is 0 Å². The van der Waals surface area contributed by atoms with Crippen LogP contribution in [0.4, 0.5) is 0 Å². The van der Waals surface area contributed by atoms with Crippen LogP contribution in [0.25, 0.3) is 16.7 Å². The first kappa shape index (κ1) is 11.1. The van der Waals surface area contributed by atoms with E-state index in [4.69, 9.17) is 5.11 Å². The molecule has 0 aliphatic heterocycles. The summed E-state index contributed by atoms with van der Waals surface area (Å²) in [5.41, 5.74) is 3.20. The lowest BCUT2D eigenvalue weighted by atomic mass is 10.0.